The molecule has 1 aromatic carbocycles. The van der Waals surface area contributed by atoms with Gasteiger partial charge < -0.3 is 20.7 Å². The van der Waals surface area contributed by atoms with Gasteiger partial charge >= 0.3 is 6.03 Å². The number of ether oxygens (including phenoxy) is 1. The summed E-state index contributed by atoms with van der Waals surface area (Å²) in [5.74, 6) is -0.300. The molecule has 3 N–H and O–H groups in total. The van der Waals surface area contributed by atoms with Gasteiger partial charge in [-0.05, 0) is 43.2 Å². The number of thiazole rings is 1. The van der Waals surface area contributed by atoms with Crippen molar-refractivity contribution in [3.8, 4) is 0 Å². The number of nitrogens with zero attached hydrogens (tertiary/aromatic N) is 2. The second-order valence-electron chi connectivity index (χ2n) is 6.71. The summed E-state index contributed by atoms with van der Waals surface area (Å²) >= 11 is 7.58. The predicted octanol–water partition coefficient (Wildman–Crippen LogP) is 4.00. The number of carbonyl (C=O) groups excluding carboxylic acids is 2. The van der Waals surface area contributed by atoms with Gasteiger partial charge in [0, 0.05) is 42.2 Å². The second-order valence-corrected chi connectivity index (χ2v) is 7.94. The number of carbonyl (C=O) groups is 2. The Labute approximate surface area is 181 Å². The van der Waals surface area contributed by atoms with E-state index in [1.54, 1.807) is 30.3 Å². The largest absolute Gasteiger partial charge is 0.376 e. The Kier molecular flexibility index (Phi) is 6.32. The van der Waals surface area contributed by atoms with E-state index in [-0.39, 0.29) is 18.0 Å². The van der Waals surface area contributed by atoms with Gasteiger partial charge in [0.25, 0.3) is 0 Å². The lowest BCUT2D eigenvalue weighted by molar-refractivity contribution is -0.111. The van der Waals surface area contributed by atoms with Crippen LogP contribution in [0.15, 0.2) is 41.9 Å². The van der Waals surface area contributed by atoms with Crippen LogP contribution in [0.5, 0.6) is 0 Å². The molecule has 1 atom stereocenters. The molecule has 0 spiro atoms. The number of anilines is 2. The summed E-state index contributed by atoms with van der Waals surface area (Å²) in [4.78, 5) is 29.2. The molecule has 10 heteroatoms. The maximum absolute atomic E-state index is 12.2. The zero-order valence-electron chi connectivity index (χ0n) is 15.9. The minimum Gasteiger partial charge on any atom is -0.376 e. The van der Waals surface area contributed by atoms with Gasteiger partial charge in [-0.25, -0.2) is 9.78 Å². The van der Waals surface area contributed by atoms with E-state index in [2.05, 4.69) is 20.9 Å². The smallest absolute Gasteiger partial charge is 0.319 e. The lowest BCUT2D eigenvalue weighted by Gasteiger charge is -2.12. The molecule has 8 nitrogen and oxygen atoms in total. The lowest BCUT2D eigenvalue weighted by Crippen LogP contribution is -2.35. The molecule has 0 bridgehead atoms. The van der Waals surface area contributed by atoms with Crippen LogP contribution in [0.1, 0.15) is 18.5 Å². The molecule has 0 aliphatic carbocycles. The first-order valence-electron chi connectivity index (χ1n) is 9.45. The average molecular weight is 446 g/mol. The molecule has 1 unspecified atom stereocenters. The number of urea groups is 1. The van der Waals surface area contributed by atoms with Crippen molar-refractivity contribution in [2.24, 2.45) is 0 Å². The van der Waals surface area contributed by atoms with Gasteiger partial charge in [0.15, 0.2) is 10.1 Å². The average Bonchev–Trinajstić information content (AvgIpc) is 3.45. The van der Waals surface area contributed by atoms with Crippen LogP contribution in [0.2, 0.25) is 5.15 Å². The molecule has 4 rings (SSSR count). The third-order valence-corrected chi connectivity index (χ3v) is 5.61. The molecule has 156 valence electrons. The number of imidazole rings is 1. The van der Waals surface area contributed by atoms with Crippen molar-refractivity contribution in [2.45, 2.75) is 18.9 Å². The summed E-state index contributed by atoms with van der Waals surface area (Å²) < 4.78 is 7.29. The molecule has 3 amide bonds. The van der Waals surface area contributed by atoms with E-state index >= 15 is 0 Å². The maximum Gasteiger partial charge on any atom is 0.319 e. The topological polar surface area (TPSA) is 96.8 Å². The standard InChI is InChI=1S/C20H20ClN5O3S/c21-18-16(26-9-11-30-20(26)25-18)7-8-17(27)23-13-3-5-14(6-4-13)24-19(28)22-12-15-2-1-10-29-15/h3-9,11,15H,1-2,10,12H2,(H,23,27)(H2,22,24,28)/b8-7+. The highest BCUT2D eigenvalue weighted by atomic mass is 35.5. The quantitative estimate of drug-likeness (QED) is 0.499. The molecule has 0 saturated carbocycles. The summed E-state index contributed by atoms with van der Waals surface area (Å²) in [5, 5.41) is 10.6. The van der Waals surface area contributed by atoms with Gasteiger partial charge in [-0.3, -0.25) is 9.20 Å². The molecule has 2 aromatic heterocycles. The molecular weight excluding hydrogens is 426 g/mol. The number of hydrogen-bond acceptors (Lipinski definition) is 5. The van der Waals surface area contributed by atoms with Crippen LogP contribution in [0.3, 0.4) is 0 Å². The summed E-state index contributed by atoms with van der Waals surface area (Å²) in [6.07, 6.45) is 6.96. The van der Waals surface area contributed by atoms with Crippen molar-refractivity contribution in [3.05, 3.63) is 52.8 Å². The zero-order valence-corrected chi connectivity index (χ0v) is 17.5. The molecule has 1 saturated heterocycles. The number of benzene rings is 1. The Morgan fingerprint density at radius 3 is 2.77 bits per heavy atom. The molecule has 30 heavy (non-hydrogen) atoms. The number of aromatic nitrogens is 2. The molecule has 1 aliphatic heterocycles. The summed E-state index contributed by atoms with van der Waals surface area (Å²) in [5.41, 5.74) is 1.88. The lowest BCUT2D eigenvalue weighted by atomic mass is 10.2. The minimum atomic E-state index is -0.300. The van der Waals surface area contributed by atoms with Crippen LogP contribution in [-0.4, -0.2) is 40.6 Å². The Morgan fingerprint density at radius 1 is 1.27 bits per heavy atom. The molecule has 0 radical (unpaired) electrons. The normalized spacial score (nSPS) is 16.2. The molecule has 3 heterocycles. The van der Waals surface area contributed by atoms with Crippen molar-refractivity contribution >= 4 is 57.3 Å². The van der Waals surface area contributed by atoms with Crippen molar-refractivity contribution in [1.82, 2.24) is 14.7 Å². The highest BCUT2D eigenvalue weighted by molar-refractivity contribution is 7.15. The predicted molar refractivity (Wildman–Crippen MR) is 118 cm³/mol. The van der Waals surface area contributed by atoms with Gasteiger partial charge in [0.1, 0.15) is 0 Å². The summed E-state index contributed by atoms with van der Waals surface area (Å²) in [7, 11) is 0. The minimum absolute atomic E-state index is 0.0923. The molecular formula is C20H20ClN5O3S. The van der Waals surface area contributed by atoms with Gasteiger partial charge in [0.05, 0.1) is 11.8 Å². The van der Waals surface area contributed by atoms with E-state index < -0.39 is 0 Å². The first-order valence-corrected chi connectivity index (χ1v) is 10.7. The van der Waals surface area contributed by atoms with Gasteiger partial charge in [-0.1, -0.05) is 11.6 Å². The number of nitrogens with one attached hydrogen (secondary N) is 3. The van der Waals surface area contributed by atoms with Crippen molar-refractivity contribution < 1.29 is 14.3 Å². The fraction of sp³-hybridized carbons (Fsp3) is 0.250. The third kappa shape index (κ3) is 4.99. The van der Waals surface area contributed by atoms with Crippen LogP contribution in [0, 0.1) is 0 Å². The highest BCUT2D eigenvalue weighted by Gasteiger charge is 2.16. The summed E-state index contributed by atoms with van der Waals surface area (Å²) in [6, 6.07) is 6.57. The fourth-order valence-electron chi connectivity index (χ4n) is 3.09. The number of amides is 3. The Balaban J connectivity index is 1.28. The number of halogens is 1. The van der Waals surface area contributed by atoms with E-state index in [1.807, 2.05) is 16.0 Å². The Bertz CT molecular complexity index is 1070. The first kappa shape index (κ1) is 20.4. The molecule has 1 aliphatic rings. The molecule has 1 fully saturated rings. The highest BCUT2D eigenvalue weighted by Crippen LogP contribution is 2.22. The van der Waals surface area contributed by atoms with E-state index in [9.17, 15) is 9.59 Å². The number of rotatable bonds is 6. The van der Waals surface area contributed by atoms with E-state index in [0.717, 1.165) is 24.4 Å². The van der Waals surface area contributed by atoms with Gasteiger partial charge in [-0.2, -0.15) is 0 Å². The van der Waals surface area contributed by atoms with Crippen LogP contribution in [-0.2, 0) is 9.53 Å². The van der Waals surface area contributed by atoms with E-state index in [4.69, 9.17) is 16.3 Å². The van der Waals surface area contributed by atoms with E-state index in [1.165, 1.54) is 17.4 Å². The van der Waals surface area contributed by atoms with Crippen LogP contribution in [0.25, 0.3) is 11.0 Å². The zero-order chi connectivity index (χ0) is 20.9. The van der Waals surface area contributed by atoms with Crippen LogP contribution < -0.4 is 16.0 Å². The van der Waals surface area contributed by atoms with Gasteiger partial charge in [-0.15, -0.1) is 11.3 Å². The van der Waals surface area contributed by atoms with Crippen molar-refractivity contribution in [3.63, 3.8) is 0 Å². The monoisotopic (exact) mass is 445 g/mol. The SMILES string of the molecule is O=C(/C=C/c1c(Cl)nc2sccn12)Nc1ccc(NC(=O)NCC2CCCO2)cc1. The first-order chi connectivity index (χ1) is 14.6. The number of hydrogen-bond donors (Lipinski definition) is 3. The van der Waals surface area contributed by atoms with Crippen molar-refractivity contribution in [1.29, 1.82) is 0 Å². The van der Waals surface area contributed by atoms with Crippen molar-refractivity contribution in [2.75, 3.05) is 23.8 Å². The van der Waals surface area contributed by atoms with Crippen LogP contribution in [0.4, 0.5) is 16.2 Å². The van der Waals surface area contributed by atoms with Crippen LogP contribution >= 0.6 is 22.9 Å². The Morgan fingerprint density at radius 2 is 2.03 bits per heavy atom. The maximum atomic E-state index is 12.2. The van der Waals surface area contributed by atoms with Gasteiger partial charge in [0.2, 0.25) is 5.91 Å². The molecule has 3 aromatic rings. The Hall–Kier alpha value is -2.88. The second kappa shape index (κ2) is 9.29. The van der Waals surface area contributed by atoms with E-state index in [0.29, 0.717) is 28.8 Å². The number of fused-ring (bicyclic) bond motifs is 1. The summed E-state index contributed by atoms with van der Waals surface area (Å²) in [6.45, 7) is 1.25. The fourth-order valence-corrected chi connectivity index (χ4v) is 4.09. The third-order valence-electron chi connectivity index (χ3n) is 4.57.